The van der Waals surface area contributed by atoms with Gasteiger partial charge in [0.25, 0.3) is 20.2 Å². The maximum Gasteiger partial charge on any atom is 0.425 e. The number of carboxylic acid groups (broad SMARTS) is 1. The first-order valence-corrected chi connectivity index (χ1v) is 26.9. The Morgan fingerprint density at radius 1 is 0.800 bits per heavy atom. The second kappa shape index (κ2) is 20.7. The molecule has 26 heteroatoms. The quantitative estimate of drug-likeness (QED) is 0.0464. The van der Waals surface area contributed by atoms with E-state index in [9.17, 15) is 30.7 Å². The lowest BCUT2D eigenvalue weighted by Crippen LogP contribution is -2.50. The molecule has 0 amide bonds. The first-order chi connectivity index (χ1) is 30.1. The maximum atomic E-state index is 16.2. The standard InChI is InChI=1S/C39H34F4N2O8S3Si.2O3S/c1-44(19-22-9-13-26(14-10-22)55(48,49)50)24-11-15-27-30(17-24)57(3,4)31-18-25(45(2)20-23-7-5-6-8-29(23)56(51,52)53)12-16-28(31)33(27)34-35(40)37(42)39(38(43)36(34)41)54-21-32(46)47;2*1-4(2)3/h5-18H,19-21H2,1-4H3,(H2-,46,47,48,49,50,51,52,53);;/p+1. The zero-order valence-electron chi connectivity index (χ0n) is 34.0. The van der Waals surface area contributed by atoms with Gasteiger partial charge in [-0.05, 0) is 63.5 Å². The number of aliphatic carboxylic acids is 1. The van der Waals surface area contributed by atoms with Gasteiger partial charge in [0.05, 0.1) is 26.0 Å². The van der Waals surface area contributed by atoms with Crippen molar-refractivity contribution in [3.05, 3.63) is 141 Å². The number of halogens is 4. The minimum Gasteiger partial charge on any atom is -0.481 e. The Balaban J connectivity index is 0.00000107. The van der Waals surface area contributed by atoms with Crippen LogP contribution in [-0.4, -0.2) is 100 Å². The van der Waals surface area contributed by atoms with E-state index in [1.807, 2.05) is 23.7 Å². The van der Waals surface area contributed by atoms with Crippen molar-refractivity contribution in [3.8, 4) is 0 Å². The van der Waals surface area contributed by atoms with Crippen LogP contribution in [0.25, 0.3) is 5.57 Å². The predicted octanol–water partition coefficient (Wildman–Crippen LogP) is 4.59. The Labute approximate surface area is 377 Å². The normalized spacial score (nSPS) is 14.6. The molecule has 0 saturated carbocycles. The number of carbonyl (C=O) groups is 1. The summed E-state index contributed by atoms with van der Waals surface area (Å²) in [4.78, 5) is 11.2. The molecule has 346 valence electrons. The average molecular weight is 1020 g/mol. The van der Waals surface area contributed by atoms with E-state index < -0.39 is 95.0 Å². The van der Waals surface area contributed by atoms with Crippen molar-refractivity contribution in [2.45, 2.75) is 40.9 Å². The SMILES string of the molecule is CN(Cc1ccccc1S(=O)(=O)O)c1ccc2c(c1)[Si](C)(C)C1=CC(=[N+](C)Cc3ccc(S(=O)(=O)O)cc3)C=CC1=C2c1c(F)c(F)c(SCC(=O)O)c(F)c1F.O=S(=O)=O.O=S(=O)=O. The van der Waals surface area contributed by atoms with Crippen LogP contribution in [0.5, 0.6) is 0 Å². The molecule has 4 aromatic rings. The molecule has 1 aliphatic carbocycles. The van der Waals surface area contributed by atoms with E-state index in [4.69, 9.17) is 30.4 Å². The van der Waals surface area contributed by atoms with Crippen LogP contribution in [0.1, 0.15) is 22.3 Å². The highest BCUT2D eigenvalue weighted by molar-refractivity contribution is 8.00. The number of thioether (sulfide) groups is 1. The molecule has 1 aliphatic heterocycles. The van der Waals surface area contributed by atoms with E-state index in [2.05, 4.69) is 0 Å². The molecular formula is C39H35F4N2O14S5Si+. The molecule has 1 heterocycles. The summed E-state index contributed by atoms with van der Waals surface area (Å²) in [6.45, 7) is 4.29. The number of nitrogens with zero attached hydrogens (tertiary/aromatic N) is 2. The van der Waals surface area contributed by atoms with Gasteiger partial charge >= 0.3 is 27.2 Å². The number of anilines is 1. The lowest BCUT2D eigenvalue weighted by Gasteiger charge is -2.38. The fraction of sp³-hybridized carbons (Fsp3) is 0.179. The van der Waals surface area contributed by atoms with Crippen LogP contribution in [0.4, 0.5) is 23.2 Å². The van der Waals surface area contributed by atoms with Gasteiger partial charge in [0, 0.05) is 42.6 Å². The third kappa shape index (κ3) is 12.4. The van der Waals surface area contributed by atoms with Crippen LogP contribution in [0.2, 0.25) is 13.1 Å². The van der Waals surface area contributed by atoms with E-state index >= 15 is 17.6 Å². The highest BCUT2D eigenvalue weighted by Crippen LogP contribution is 2.45. The number of benzene rings is 4. The van der Waals surface area contributed by atoms with Gasteiger partial charge in [-0.15, -0.1) is 37.0 Å². The minimum absolute atomic E-state index is 0.0270. The number of fused-ring (bicyclic) bond motifs is 2. The molecule has 0 bridgehead atoms. The number of carboxylic acids is 1. The van der Waals surface area contributed by atoms with E-state index in [1.165, 1.54) is 36.4 Å². The first kappa shape index (κ1) is 52.0. The van der Waals surface area contributed by atoms with Crippen LogP contribution in [0, 0.1) is 23.3 Å². The second-order valence-electron chi connectivity index (χ2n) is 14.4. The lowest BCUT2D eigenvalue weighted by atomic mass is 9.88. The number of allylic oxidation sites excluding steroid dienone is 5. The highest BCUT2D eigenvalue weighted by Gasteiger charge is 2.43. The van der Waals surface area contributed by atoms with Crippen molar-refractivity contribution in [2.24, 2.45) is 0 Å². The Kier molecular flexibility index (Phi) is 16.6. The van der Waals surface area contributed by atoms with Crippen LogP contribution < -0.4 is 10.1 Å². The van der Waals surface area contributed by atoms with Crippen LogP contribution in [-0.2, 0) is 59.3 Å². The van der Waals surface area contributed by atoms with Crippen molar-refractivity contribution in [1.29, 1.82) is 0 Å². The van der Waals surface area contributed by atoms with Gasteiger partial charge in [0.1, 0.15) is 15.1 Å². The monoisotopic (exact) mass is 1020 g/mol. The van der Waals surface area contributed by atoms with Gasteiger partial charge in [-0.1, -0.05) is 49.5 Å². The van der Waals surface area contributed by atoms with Crippen molar-refractivity contribution in [1.82, 2.24) is 0 Å². The van der Waals surface area contributed by atoms with Crippen molar-refractivity contribution in [3.63, 3.8) is 0 Å². The molecule has 0 radical (unpaired) electrons. The molecule has 6 rings (SSSR count). The second-order valence-corrected chi connectivity index (χ2v) is 23.4. The number of rotatable bonds is 11. The summed E-state index contributed by atoms with van der Waals surface area (Å²) >= 11 is 0.114. The Hall–Kier alpha value is -5.61. The largest absolute Gasteiger partial charge is 0.481 e. The van der Waals surface area contributed by atoms with Crippen molar-refractivity contribution < 1.29 is 83.2 Å². The van der Waals surface area contributed by atoms with Crippen molar-refractivity contribution in [2.75, 3.05) is 24.7 Å². The smallest absolute Gasteiger partial charge is 0.425 e. The van der Waals surface area contributed by atoms with Gasteiger partial charge < -0.3 is 10.0 Å². The summed E-state index contributed by atoms with van der Waals surface area (Å²) in [5.74, 6) is -9.17. The highest BCUT2D eigenvalue weighted by atomic mass is 32.2. The van der Waals surface area contributed by atoms with Crippen LogP contribution in [0.15, 0.2) is 110 Å². The Morgan fingerprint density at radius 3 is 1.88 bits per heavy atom. The molecule has 0 fully saturated rings. The maximum absolute atomic E-state index is 16.2. The van der Waals surface area contributed by atoms with Gasteiger partial charge in [-0.25, -0.2) is 22.1 Å². The van der Waals surface area contributed by atoms with Crippen LogP contribution >= 0.6 is 11.8 Å². The molecular weight excluding hydrogens is 985 g/mol. The summed E-state index contributed by atoms with van der Waals surface area (Å²) < 4.78 is 183. The fourth-order valence-electron chi connectivity index (χ4n) is 7.03. The fourth-order valence-corrected chi connectivity index (χ4v) is 12.0. The molecule has 0 aromatic heterocycles. The van der Waals surface area contributed by atoms with Gasteiger partial charge in [0.2, 0.25) is 0 Å². The predicted molar refractivity (Wildman–Crippen MR) is 230 cm³/mol. The minimum atomic E-state index is -4.56. The zero-order chi connectivity index (χ0) is 48.9. The summed E-state index contributed by atoms with van der Waals surface area (Å²) in [7, 11) is -14.6. The summed E-state index contributed by atoms with van der Waals surface area (Å²) in [6.07, 6.45) is 5.12. The summed E-state index contributed by atoms with van der Waals surface area (Å²) in [5.41, 5.74) is 1.71. The molecule has 65 heavy (non-hydrogen) atoms. The molecule has 0 saturated heterocycles. The lowest BCUT2D eigenvalue weighted by molar-refractivity contribution is -0.512. The molecule has 3 N–H and O–H groups in total. The third-order valence-electron chi connectivity index (χ3n) is 9.89. The van der Waals surface area contributed by atoms with Gasteiger partial charge in [-0.2, -0.15) is 16.8 Å². The van der Waals surface area contributed by atoms with E-state index in [0.29, 0.717) is 44.0 Å². The number of hydrogen-bond acceptors (Lipinski definition) is 13. The Morgan fingerprint density at radius 2 is 1.35 bits per heavy atom. The average Bonchev–Trinajstić information content (AvgIpc) is 3.20. The molecule has 4 aromatic carbocycles. The van der Waals surface area contributed by atoms with Gasteiger partial charge in [-0.3, -0.25) is 13.9 Å². The van der Waals surface area contributed by atoms with E-state index in [0.717, 1.165) is 0 Å². The molecule has 0 atom stereocenters. The summed E-state index contributed by atoms with van der Waals surface area (Å²) in [5, 5.41) is 10.3. The van der Waals surface area contributed by atoms with E-state index in [-0.39, 0.29) is 40.2 Å². The molecule has 0 unspecified atom stereocenters. The van der Waals surface area contributed by atoms with Crippen molar-refractivity contribution >= 4 is 89.4 Å². The first-order valence-electron chi connectivity index (χ1n) is 18.0. The third-order valence-corrected chi connectivity index (χ3v) is 16.3. The zero-order valence-corrected chi connectivity index (χ0v) is 39.1. The summed E-state index contributed by atoms with van der Waals surface area (Å²) in [6, 6.07) is 16.5. The molecule has 16 nitrogen and oxygen atoms in total. The Bertz CT molecular complexity index is 3130. The molecule has 0 spiro atoms. The van der Waals surface area contributed by atoms with Gasteiger partial charge in [0.15, 0.2) is 35.5 Å². The van der Waals surface area contributed by atoms with E-state index in [1.54, 1.807) is 61.5 Å². The molecule has 2 aliphatic rings. The number of hydrogen-bond donors (Lipinski definition) is 3. The topological polar surface area (TPSA) is 255 Å². The van der Waals surface area contributed by atoms with Crippen LogP contribution in [0.3, 0.4) is 0 Å².